The normalized spacial score (nSPS) is 34.8. The Balaban J connectivity index is 2.05. The Morgan fingerprint density at radius 2 is 1.70 bits per heavy atom. The number of phenols is 1. The van der Waals surface area contributed by atoms with Crippen LogP contribution in [0.2, 0.25) is 0 Å². The van der Waals surface area contributed by atoms with E-state index in [-0.39, 0.29) is 17.1 Å². The van der Waals surface area contributed by atoms with Crippen LogP contribution in [0, 0.1) is 5.92 Å². The fraction of sp³-hybridized carbons (Fsp3) is 0.444. The van der Waals surface area contributed by atoms with E-state index in [2.05, 4.69) is 45.1 Å². The summed E-state index contributed by atoms with van der Waals surface area (Å²) in [5.74, 6) is 0.657. The first-order chi connectivity index (χ1) is 9.41. The number of allylic oxidation sites excluding steroid dienone is 2. The first kappa shape index (κ1) is 13.4. The highest BCUT2D eigenvalue weighted by Gasteiger charge is 2.48. The molecule has 3 atom stereocenters. The van der Waals surface area contributed by atoms with Gasteiger partial charge in [-0.15, -0.1) is 0 Å². The van der Waals surface area contributed by atoms with Crippen LogP contribution in [0.25, 0.3) is 0 Å². The summed E-state index contributed by atoms with van der Waals surface area (Å²) >= 11 is 0. The summed E-state index contributed by atoms with van der Waals surface area (Å²) in [6, 6.07) is 7.64. The summed E-state index contributed by atoms with van der Waals surface area (Å²) in [7, 11) is 0. The van der Waals surface area contributed by atoms with Gasteiger partial charge in [-0.1, -0.05) is 43.4 Å². The van der Waals surface area contributed by atoms with Crippen molar-refractivity contribution < 1.29 is 9.84 Å². The number of phenolic OH excluding ortho intramolecular Hbond substituents is 1. The van der Waals surface area contributed by atoms with Crippen LogP contribution in [0.3, 0.4) is 0 Å². The number of hydrogen-bond donors (Lipinski definition) is 1. The van der Waals surface area contributed by atoms with E-state index in [0.717, 1.165) is 6.42 Å². The number of ether oxygens (including phenoxy) is 1. The molecule has 1 heterocycles. The maximum Gasteiger partial charge on any atom is 0.115 e. The third-order valence-corrected chi connectivity index (χ3v) is 4.59. The smallest absolute Gasteiger partial charge is 0.115 e. The monoisotopic (exact) mass is 270 g/mol. The lowest BCUT2D eigenvalue weighted by atomic mass is 9.62. The maximum atomic E-state index is 9.52. The Morgan fingerprint density at radius 3 is 2.40 bits per heavy atom. The zero-order valence-corrected chi connectivity index (χ0v) is 12.3. The molecule has 0 saturated carbocycles. The van der Waals surface area contributed by atoms with Gasteiger partial charge in [0.25, 0.3) is 0 Å². The van der Waals surface area contributed by atoms with Gasteiger partial charge in [0.05, 0.1) is 11.7 Å². The minimum atomic E-state index is -0.149. The predicted molar refractivity (Wildman–Crippen MR) is 80.8 cm³/mol. The van der Waals surface area contributed by atoms with Gasteiger partial charge in [0.15, 0.2) is 0 Å². The molecule has 1 aliphatic heterocycles. The molecule has 0 bridgehead atoms. The molecule has 0 spiro atoms. The average molecular weight is 270 g/mol. The molecule has 1 aliphatic carbocycles. The van der Waals surface area contributed by atoms with Crippen molar-refractivity contribution in [3.8, 4) is 5.75 Å². The van der Waals surface area contributed by atoms with E-state index in [9.17, 15) is 5.11 Å². The van der Waals surface area contributed by atoms with Crippen LogP contribution in [0.4, 0.5) is 0 Å². The van der Waals surface area contributed by atoms with Crippen LogP contribution >= 0.6 is 0 Å². The van der Waals surface area contributed by atoms with E-state index in [1.54, 1.807) is 12.1 Å². The first-order valence-electron chi connectivity index (χ1n) is 7.23. The number of benzene rings is 1. The molecule has 3 rings (SSSR count). The van der Waals surface area contributed by atoms with E-state index in [0.29, 0.717) is 11.7 Å². The fourth-order valence-electron chi connectivity index (χ4n) is 3.82. The molecule has 1 aromatic rings. The lowest BCUT2D eigenvalue weighted by Crippen LogP contribution is -2.52. The van der Waals surface area contributed by atoms with Gasteiger partial charge in [-0.25, -0.2) is 0 Å². The molecule has 1 fully saturated rings. The summed E-state index contributed by atoms with van der Waals surface area (Å²) in [6.45, 7) is 6.63. The predicted octanol–water partition coefficient (Wildman–Crippen LogP) is 3.96. The van der Waals surface area contributed by atoms with Gasteiger partial charge in [0, 0.05) is 11.3 Å². The van der Waals surface area contributed by atoms with Crippen LogP contribution in [0.1, 0.15) is 32.8 Å². The highest BCUT2D eigenvalue weighted by atomic mass is 16.5. The largest absolute Gasteiger partial charge is 0.508 e. The highest BCUT2D eigenvalue weighted by molar-refractivity contribution is 5.36. The molecule has 1 aromatic carbocycles. The Labute approximate surface area is 120 Å². The minimum Gasteiger partial charge on any atom is -0.508 e. The van der Waals surface area contributed by atoms with Crippen molar-refractivity contribution in [2.45, 2.75) is 44.3 Å². The van der Waals surface area contributed by atoms with Crippen molar-refractivity contribution in [3.05, 3.63) is 54.1 Å². The second-order valence-corrected chi connectivity index (χ2v) is 6.78. The molecule has 2 heteroatoms. The van der Waals surface area contributed by atoms with Crippen LogP contribution in [0.5, 0.6) is 5.75 Å². The lowest BCUT2D eigenvalue weighted by molar-refractivity contribution is -0.134. The van der Waals surface area contributed by atoms with Crippen LogP contribution in [0.15, 0.2) is 48.6 Å². The molecule has 2 aliphatic rings. The Bertz CT molecular complexity index is 553. The standard InChI is InChI=1S/C18H22O2/c1-17(2)12-18(3,13-8-10-14(19)11-9-13)15-6-4-5-7-16(15)20-17/h4-11,15-16,19H,12H2,1-3H3. The van der Waals surface area contributed by atoms with Crippen molar-refractivity contribution in [2.75, 3.05) is 0 Å². The fourth-order valence-corrected chi connectivity index (χ4v) is 3.82. The van der Waals surface area contributed by atoms with Crippen molar-refractivity contribution in [1.29, 1.82) is 0 Å². The minimum absolute atomic E-state index is 0.0153. The summed E-state index contributed by atoms with van der Waals surface area (Å²) in [6.07, 6.45) is 9.69. The summed E-state index contributed by atoms with van der Waals surface area (Å²) in [4.78, 5) is 0. The average Bonchev–Trinajstić information content (AvgIpc) is 2.38. The van der Waals surface area contributed by atoms with Crippen LogP contribution in [-0.2, 0) is 10.2 Å². The lowest BCUT2D eigenvalue weighted by Gasteiger charge is -2.51. The highest BCUT2D eigenvalue weighted by Crippen LogP contribution is 2.49. The van der Waals surface area contributed by atoms with Crippen molar-refractivity contribution in [2.24, 2.45) is 5.92 Å². The van der Waals surface area contributed by atoms with Crippen LogP contribution < -0.4 is 0 Å². The zero-order chi connectivity index (χ0) is 14.4. The molecule has 1 N–H and O–H groups in total. The van der Waals surface area contributed by atoms with Gasteiger partial charge >= 0.3 is 0 Å². The van der Waals surface area contributed by atoms with E-state index in [1.807, 2.05) is 12.1 Å². The van der Waals surface area contributed by atoms with E-state index in [1.165, 1.54) is 5.56 Å². The van der Waals surface area contributed by atoms with Gasteiger partial charge < -0.3 is 9.84 Å². The first-order valence-corrected chi connectivity index (χ1v) is 7.23. The van der Waals surface area contributed by atoms with Gasteiger partial charge in [-0.3, -0.25) is 0 Å². The molecule has 106 valence electrons. The van der Waals surface area contributed by atoms with Crippen molar-refractivity contribution in [3.63, 3.8) is 0 Å². The summed E-state index contributed by atoms with van der Waals surface area (Å²) in [5.41, 5.74) is 1.13. The molecular weight excluding hydrogens is 248 g/mol. The van der Waals surface area contributed by atoms with Gasteiger partial charge in [0.2, 0.25) is 0 Å². The van der Waals surface area contributed by atoms with Crippen molar-refractivity contribution >= 4 is 0 Å². The molecule has 0 amide bonds. The molecule has 2 nitrogen and oxygen atoms in total. The quantitative estimate of drug-likeness (QED) is 0.837. The second kappa shape index (κ2) is 4.49. The van der Waals surface area contributed by atoms with Gasteiger partial charge in [-0.05, 0) is 38.0 Å². The molecule has 0 radical (unpaired) electrons. The van der Waals surface area contributed by atoms with Gasteiger partial charge in [0.1, 0.15) is 5.75 Å². The molecule has 0 aromatic heterocycles. The molecule has 3 unspecified atom stereocenters. The Hall–Kier alpha value is -1.54. The van der Waals surface area contributed by atoms with Crippen molar-refractivity contribution in [1.82, 2.24) is 0 Å². The Morgan fingerprint density at radius 1 is 1.05 bits per heavy atom. The SMILES string of the molecule is CC1(C)CC(C)(c2ccc(O)cc2)C2C=CC=CC2O1. The number of rotatable bonds is 1. The summed E-state index contributed by atoms with van der Waals surface area (Å²) in [5, 5.41) is 9.52. The maximum absolute atomic E-state index is 9.52. The van der Waals surface area contributed by atoms with E-state index in [4.69, 9.17) is 4.74 Å². The van der Waals surface area contributed by atoms with E-state index < -0.39 is 0 Å². The van der Waals surface area contributed by atoms with Gasteiger partial charge in [-0.2, -0.15) is 0 Å². The third-order valence-electron chi connectivity index (χ3n) is 4.59. The number of fused-ring (bicyclic) bond motifs is 1. The number of hydrogen-bond acceptors (Lipinski definition) is 2. The Kier molecular flexibility index (Phi) is 3.02. The molecule has 1 saturated heterocycles. The molecular formula is C18H22O2. The number of aromatic hydroxyl groups is 1. The van der Waals surface area contributed by atoms with Crippen LogP contribution in [-0.4, -0.2) is 16.8 Å². The summed E-state index contributed by atoms with van der Waals surface area (Å²) < 4.78 is 6.23. The van der Waals surface area contributed by atoms with E-state index >= 15 is 0 Å². The molecule has 20 heavy (non-hydrogen) atoms. The third kappa shape index (κ3) is 2.18. The second-order valence-electron chi connectivity index (χ2n) is 6.78. The zero-order valence-electron chi connectivity index (χ0n) is 12.3. The topological polar surface area (TPSA) is 29.5 Å².